The lowest BCUT2D eigenvalue weighted by atomic mass is 9.92. The first-order chi connectivity index (χ1) is 14.2. The monoisotopic (exact) mass is 387 g/mol. The summed E-state index contributed by atoms with van der Waals surface area (Å²) in [4.78, 5) is 20.7. The van der Waals surface area contributed by atoms with Gasteiger partial charge in [-0.15, -0.1) is 0 Å². The fraction of sp³-hybridized carbons (Fsp3) is 0.348. The van der Waals surface area contributed by atoms with Crippen molar-refractivity contribution in [1.29, 1.82) is 0 Å². The van der Waals surface area contributed by atoms with E-state index in [1.165, 1.54) is 5.56 Å². The van der Waals surface area contributed by atoms with Crippen LogP contribution in [0, 0.1) is 5.92 Å². The molecule has 0 aliphatic carbocycles. The number of carbonyl (C=O) groups excluding carboxylic acids is 1. The second kappa shape index (κ2) is 7.44. The number of piperidine rings is 1. The lowest BCUT2D eigenvalue weighted by molar-refractivity contribution is -0.127. The Labute approximate surface area is 170 Å². The summed E-state index contributed by atoms with van der Waals surface area (Å²) in [6.07, 6.45) is 7.55. The molecule has 0 N–H and O–H groups in total. The van der Waals surface area contributed by atoms with Crippen LogP contribution in [0.25, 0.3) is 16.9 Å². The molecule has 0 radical (unpaired) electrons. The molecule has 2 aliphatic rings. The number of pyridine rings is 1. The first-order valence-electron chi connectivity index (χ1n) is 10.2. The van der Waals surface area contributed by atoms with Crippen LogP contribution < -0.4 is 0 Å². The van der Waals surface area contributed by atoms with Gasteiger partial charge in [0.15, 0.2) is 0 Å². The zero-order chi connectivity index (χ0) is 19.8. The lowest BCUT2D eigenvalue weighted by Crippen LogP contribution is -2.47. The first kappa shape index (κ1) is 18.1. The second-order valence-corrected chi connectivity index (χ2v) is 8.08. The number of aromatic nitrogens is 3. The molecule has 6 heteroatoms. The highest BCUT2D eigenvalue weighted by atomic mass is 16.2. The van der Waals surface area contributed by atoms with Gasteiger partial charge in [0.05, 0.1) is 11.4 Å². The summed E-state index contributed by atoms with van der Waals surface area (Å²) in [5.41, 5.74) is 4.32. The largest absolute Gasteiger partial charge is 0.341 e. The number of hydrogen-bond donors (Lipinski definition) is 0. The van der Waals surface area contributed by atoms with E-state index in [-0.39, 0.29) is 5.91 Å². The molecule has 1 amide bonds. The average molecular weight is 387 g/mol. The van der Waals surface area contributed by atoms with Crippen LogP contribution in [0.2, 0.25) is 0 Å². The molecule has 0 bridgehead atoms. The van der Waals surface area contributed by atoms with Gasteiger partial charge in [-0.2, -0.15) is 5.10 Å². The number of carbonyl (C=O) groups is 1. The van der Waals surface area contributed by atoms with Crippen LogP contribution in [-0.4, -0.2) is 56.7 Å². The van der Waals surface area contributed by atoms with Gasteiger partial charge in [0, 0.05) is 62.3 Å². The Kier molecular flexibility index (Phi) is 4.64. The number of likely N-dealkylation sites (tertiary alicyclic amines) is 2. The maximum Gasteiger partial charge on any atom is 0.222 e. The molecule has 29 heavy (non-hydrogen) atoms. The number of likely N-dealkylation sites (N-methyl/N-ethyl adjacent to an activating group) is 1. The van der Waals surface area contributed by atoms with Crippen LogP contribution >= 0.6 is 0 Å². The van der Waals surface area contributed by atoms with Crippen LogP contribution in [0.3, 0.4) is 0 Å². The standard InChI is InChI=1S/C23H25N5O/c1-26-21-16-27(12-9-18(21)13-22(26)29)14-19-15-28(20-5-3-2-4-6-20)25-23(19)17-7-10-24-11-8-17/h2-8,10-11,15,18,21H,9,12-14,16H2,1H3/t18-,21-/m1/s1. The Hall–Kier alpha value is -2.99. The maximum atomic E-state index is 12.1. The molecule has 2 fully saturated rings. The first-order valence-corrected chi connectivity index (χ1v) is 10.2. The van der Waals surface area contributed by atoms with Gasteiger partial charge in [-0.25, -0.2) is 4.68 Å². The van der Waals surface area contributed by atoms with Crippen molar-refractivity contribution in [3.8, 4) is 16.9 Å². The van der Waals surface area contributed by atoms with E-state index in [4.69, 9.17) is 5.10 Å². The summed E-state index contributed by atoms with van der Waals surface area (Å²) in [5.74, 6) is 0.798. The van der Waals surface area contributed by atoms with E-state index in [2.05, 4.69) is 28.2 Å². The molecule has 1 aromatic carbocycles. The zero-order valence-electron chi connectivity index (χ0n) is 16.6. The normalized spacial score (nSPS) is 22.1. The van der Waals surface area contributed by atoms with E-state index in [0.717, 1.165) is 43.0 Å². The van der Waals surface area contributed by atoms with Gasteiger partial charge in [-0.3, -0.25) is 14.7 Å². The van der Waals surface area contributed by atoms with Gasteiger partial charge < -0.3 is 4.90 Å². The van der Waals surface area contributed by atoms with Crippen molar-refractivity contribution >= 4 is 5.91 Å². The predicted molar refractivity (Wildman–Crippen MR) is 111 cm³/mol. The van der Waals surface area contributed by atoms with Gasteiger partial charge in [-0.05, 0) is 43.1 Å². The van der Waals surface area contributed by atoms with Gasteiger partial charge in [-0.1, -0.05) is 18.2 Å². The number of hydrogen-bond acceptors (Lipinski definition) is 4. The van der Waals surface area contributed by atoms with Crippen molar-refractivity contribution < 1.29 is 4.79 Å². The van der Waals surface area contributed by atoms with Crippen molar-refractivity contribution in [2.45, 2.75) is 25.4 Å². The third-order valence-electron chi connectivity index (χ3n) is 6.29. The molecular weight excluding hydrogens is 362 g/mol. The number of benzene rings is 1. The molecule has 6 nitrogen and oxygen atoms in total. The highest BCUT2D eigenvalue weighted by Crippen LogP contribution is 2.33. The van der Waals surface area contributed by atoms with Crippen molar-refractivity contribution in [2.24, 2.45) is 5.92 Å². The van der Waals surface area contributed by atoms with Crippen molar-refractivity contribution in [1.82, 2.24) is 24.6 Å². The van der Waals surface area contributed by atoms with Crippen LogP contribution in [0.4, 0.5) is 0 Å². The minimum Gasteiger partial charge on any atom is -0.341 e. The molecule has 2 saturated heterocycles. The summed E-state index contributed by atoms with van der Waals surface area (Å²) in [7, 11) is 1.95. The quantitative estimate of drug-likeness (QED) is 0.691. The van der Waals surface area contributed by atoms with Crippen molar-refractivity contribution in [3.63, 3.8) is 0 Å². The Morgan fingerprint density at radius 1 is 1.10 bits per heavy atom. The Bertz CT molecular complexity index is 1000. The summed E-state index contributed by atoms with van der Waals surface area (Å²) in [6, 6.07) is 14.6. The predicted octanol–water partition coefficient (Wildman–Crippen LogP) is 2.99. The second-order valence-electron chi connectivity index (χ2n) is 8.08. The Morgan fingerprint density at radius 2 is 1.90 bits per heavy atom. The van der Waals surface area contributed by atoms with Gasteiger partial charge in [0.2, 0.25) is 5.91 Å². The molecule has 4 heterocycles. The Morgan fingerprint density at radius 3 is 2.69 bits per heavy atom. The molecule has 0 saturated carbocycles. The van der Waals surface area contributed by atoms with Gasteiger partial charge >= 0.3 is 0 Å². The fourth-order valence-electron chi connectivity index (χ4n) is 4.65. The highest BCUT2D eigenvalue weighted by Gasteiger charge is 2.41. The Balaban J connectivity index is 1.44. The number of para-hydroxylation sites is 1. The molecule has 148 valence electrons. The molecule has 3 aromatic rings. The number of rotatable bonds is 4. The van der Waals surface area contributed by atoms with Crippen molar-refractivity contribution in [3.05, 3.63) is 66.6 Å². The van der Waals surface area contributed by atoms with Crippen molar-refractivity contribution in [2.75, 3.05) is 20.1 Å². The van der Waals surface area contributed by atoms with Gasteiger partial charge in [0.1, 0.15) is 0 Å². The smallest absolute Gasteiger partial charge is 0.222 e. The van der Waals surface area contributed by atoms with E-state index in [9.17, 15) is 4.79 Å². The van der Waals surface area contributed by atoms with E-state index < -0.39 is 0 Å². The summed E-state index contributed by atoms with van der Waals surface area (Å²) in [6.45, 7) is 2.78. The number of fused-ring (bicyclic) bond motifs is 1. The topological polar surface area (TPSA) is 54.3 Å². The number of nitrogens with zero attached hydrogens (tertiary/aromatic N) is 5. The van der Waals surface area contributed by atoms with Crippen LogP contribution in [0.1, 0.15) is 18.4 Å². The molecule has 0 spiro atoms. The van der Waals surface area contributed by atoms with Crippen LogP contribution in [0.5, 0.6) is 0 Å². The zero-order valence-corrected chi connectivity index (χ0v) is 16.6. The number of amides is 1. The SMILES string of the molecule is CN1C(=O)C[C@H]2CCN(Cc3cn(-c4ccccc4)nc3-c3ccncc3)C[C@H]21. The minimum atomic E-state index is 0.288. The molecule has 2 aliphatic heterocycles. The molecule has 2 atom stereocenters. The summed E-state index contributed by atoms with van der Waals surface area (Å²) >= 11 is 0. The third-order valence-corrected chi connectivity index (χ3v) is 6.29. The van der Waals surface area contributed by atoms with E-state index in [1.807, 2.05) is 59.4 Å². The van der Waals surface area contributed by atoms with E-state index in [1.54, 1.807) is 0 Å². The molecule has 5 rings (SSSR count). The van der Waals surface area contributed by atoms with Crippen LogP contribution in [-0.2, 0) is 11.3 Å². The average Bonchev–Trinajstić information content (AvgIpc) is 3.31. The highest BCUT2D eigenvalue weighted by molar-refractivity contribution is 5.79. The molecule has 0 unspecified atom stereocenters. The van der Waals surface area contributed by atoms with E-state index >= 15 is 0 Å². The maximum absolute atomic E-state index is 12.1. The van der Waals surface area contributed by atoms with Gasteiger partial charge in [0.25, 0.3) is 0 Å². The summed E-state index contributed by atoms with van der Waals surface area (Å²) < 4.78 is 1.96. The fourth-order valence-corrected chi connectivity index (χ4v) is 4.65. The lowest BCUT2D eigenvalue weighted by Gasteiger charge is -2.37. The molecule has 2 aromatic heterocycles. The third kappa shape index (κ3) is 3.44. The molecular formula is C23H25N5O. The minimum absolute atomic E-state index is 0.288. The van der Waals surface area contributed by atoms with Crippen LogP contribution in [0.15, 0.2) is 61.1 Å². The summed E-state index contributed by atoms with van der Waals surface area (Å²) in [5, 5.41) is 4.91. The van der Waals surface area contributed by atoms with E-state index in [0.29, 0.717) is 18.4 Å².